The molecule has 0 aliphatic carbocycles. The summed E-state index contributed by atoms with van der Waals surface area (Å²) in [4.78, 5) is 29.0. The lowest BCUT2D eigenvalue weighted by Gasteiger charge is -2.23. The number of ether oxygens (including phenoxy) is 1. The van der Waals surface area contributed by atoms with Gasteiger partial charge in [0.05, 0.1) is 25.9 Å². The second-order valence-corrected chi connectivity index (χ2v) is 5.30. The topological polar surface area (TPSA) is 128 Å². The molecule has 4 N–H and O–H groups in total. The summed E-state index contributed by atoms with van der Waals surface area (Å²) in [5.74, 6) is -1.23. The lowest BCUT2D eigenvalue weighted by molar-refractivity contribution is -0.138. The summed E-state index contributed by atoms with van der Waals surface area (Å²) < 4.78 is 15.7. The Kier molecular flexibility index (Phi) is 8.01. The van der Waals surface area contributed by atoms with Gasteiger partial charge in [0.2, 0.25) is 0 Å². The van der Waals surface area contributed by atoms with Gasteiger partial charge in [-0.15, -0.1) is 6.58 Å². The van der Waals surface area contributed by atoms with E-state index in [-0.39, 0.29) is 19.8 Å². The molecule has 8 nitrogen and oxygen atoms in total. The van der Waals surface area contributed by atoms with Crippen LogP contribution < -0.4 is 0 Å². The van der Waals surface area contributed by atoms with Crippen LogP contribution in [0.3, 0.4) is 0 Å². The summed E-state index contributed by atoms with van der Waals surface area (Å²) in [5, 5.41) is 18.1. The molecule has 0 heterocycles. The molecule has 0 amide bonds. The molecule has 0 saturated carbocycles. The first-order valence-electron chi connectivity index (χ1n) is 5.10. The first-order valence-corrected chi connectivity index (χ1v) is 6.89. The molecule has 0 aromatic rings. The van der Waals surface area contributed by atoms with Gasteiger partial charge in [-0.2, -0.15) is 0 Å². The van der Waals surface area contributed by atoms with Crippen molar-refractivity contribution in [3.05, 3.63) is 12.7 Å². The van der Waals surface area contributed by atoms with E-state index >= 15 is 0 Å². The van der Waals surface area contributed by atoms with Gasteiger partial charge in [0, 0.05) is 6.54 Å². The molecule has 0 aromatic heterocycles. The van der Waals surface area contributed by atoms with E-state index in [4.69, 9.17) is 19.6 Å². The molecule has 1 atom stereocenters. The van der Waals surface area contributed by atoms with Crippen LogP contribution in [0.15, 0.2) is 12.7 Å². The molecular weight excluding hydrogens is 265 g/mol. The van der Waals surface area contributed by atoms with Crippen molar-refractivity contribution in [3.63, 3.8) is 0 Å². The molecule has 106 valence electrons. The zero-order valence-corrected chi connectivity index (χ0v) is 10.7. The van der Waals surface area contributed by atoms with E-state index in [0.29, 0.717) is 0 Å². The van der Waals surface area contributed by atoms with Crippen LogP contribution in [0, 0.1) is 0 Å². The molecule has 9 heteroatoms. The van der Waals surface area contributed by atoms with Gasteiger partial charge in [-0.25, -0.2) is 0 Å². The normalized spacial score (nSPS) is 13.6. The molecular formula is C9H18NO7P. The second-order valence-electron chi connectivity index (χ2n) is 3.69. The minimum Gasteiger partial charge on any atom is -0.480 e. The minimum atomic E-state index is -4.37. The average Bonchev–Trinajstić information content (AvgIpc) is 2.13. The summed E-state index contributed by atoms with van der Waals surface area (Å²) in [6.07, 6.45) is -0.272. The van der Waals surface area contributed by atoms with Crippen LogP contribution in [0.1, 0.15) is 0 Å². The van der Waals surface area contributed by atoms with Crippen molar-refractivity contribution in [3.8, 4) is 0 Å². The van der Waals surface area contributed by atoms with E-state index in [9.17, 15) is 14.5 Å². The highest BCUT2D eigenvalue weighted by molar-refractivity contribution is 7.51. The first-order chi connectivity index (χ1) is 8.24. The average molecular weight is 283 g/mol. The number of carboxylic acids is 1. The summed E-state index contributed by atoms with van der Waals surface area (Å²) in [6.45, 7) is 2.81. The number of aliphatic carboxylic acids is 1. The summed E-state index contributed by atoms with van der Waals surface area (Å²) >= 11 is 0. The maximum Gasteiger partial charge on any atom is 0.339 e. The molecule has 0 spiro atoms. The van der Waals surface area contributed by atoms with E-state index in [1.54, 1.807) is 0 Å². The number of carboxylic acid groups (broad SMARTS) is 1. The number of aliphatic hydroxyl groups is 1. The Hall–Kier alpha value is -0.760. The SMILES string of the molecule is C=CCOCC(O)CN(CC(=O)O)CP(=O)(O)O. The van der Waals surface area contributed by atoms with Crippen LogP contribution in [0.4, 0.5) is 0 Å². The molecule has 18 heavy (non-hydrogen) atoms. The van der Waals surface area contributed by atoms with Crippen molar-refractivity contribution in [2.24, 2.45) is 0 Å². The lowest BCUT2D eigenvalue weighted by atomic mass is 10.3. The van der Waals surface area contributed by atoms with E-state index in [1.807, 2.05) is 0 Å². The molecule has 0 aromatic carbocycles. The number of hydrogen-bond acceptors (Lipinski definition) is 5. The second kappa shape index (κ2) is 8.36. The Morgan fingerprint density at radius 3 is 2.56 bits per heavy atom. The van der Waals surface area contributed by atoms with Crippen LogP contribution in [0.2, 0.25) is 0 Å². The zero-order valence-electron chi connectivity index (χ0n) is 9.81. The fraction of sp³-hybridized carbons (Fsp3) is 0.667. The highest BCUT2D eigenvalue weighted by Crippen LogP contribution is 2.34. The van der Waals surface area contributed by atoms with Gasteiger partial charge >= 0.3 is 13.6 Å². The molecule has 0 rings (SSSR count). The molecule has 1 unspecified atom stereocenters. The number of nitrogens with zero attached hydrogens (tertiary/aromatic N) is 1. The van der Waals surface area contributed by atoms with E-state index < -0.39 is 32.5 Å². The van der Waals surface area contributed by atoms with Crippen LogP contribution in [-0.2, 0) is 14.1 Å². The monoisotopic (exact) mass is 283 g/mol. The Balaban J connectivity index is 4.25. The van der Waals surface area contributed by atoms with Crippen molar-refractivity contribution >= 4 is 13.6 Å². The summed E-state index contributed by atoms with van der Waals surface area (Å²) in [5.41, 5.74) is 0. The van der Waals surface area contributed by atoms with E-state index in [0.717, 1.165) is 4.90 Å². The number of aliphatic hydroxyl groups excluding tert-OH is 1. The molecule has 0 saturated heterocycles. The molecule has 0 aliphatic heterocycles. The maximum absolute atomic E-state index is 10.8. The Bertz CT molecular complexity index is 316. The predicted octanol–water partition coefficient (Wildman–Crippen LogP) is -0.928. The standard InChI is InChI=1S/C9H18NO7P/c1-2-3-17-6-8(11)4-10(5-9(12)13)7-18(14,15)16/h2,8,11H,1,3-7H2,(H,12,13)(H2,14,15,16). The van der Waals surface area contributed by atoms with Crippen molar-refractivity contribution < 1.29 is 34.1 Å². The van der Waals surface area contributed by atoms with Gasteiger partial charge in [-0.05, 0) is 0 Å². The van der Waals surface area contributed by atoms with Crippen molar-refractivity contribution in [1.29, 1.82) is 0 Å². The summed E-state index contributed by atoms with van der Waals surface area (Å²) in [6, 6.07) is 0. The number of carbonyl (C=O) groups is 1. The highest BCUT2D eigenvalue weighted by atomic mass is 31.2. The third-order valence-electron chi connectivity index (χ3n) is 1.76. The highest BCUT2D eigenvalue weighted by Gasteiger charge is 2.23. The largest absolute Gasteiger partial charge is 0.480 e. The van der Waals surface area contributed by atoms with Gasteiger partial charge in [-0.3, -0.25) is 14.3 Å². The maximum atomic E-state index is 10.8. The Morgan fingerprint density at radius 1 is 1.50 bits per heavy atom. The van der Waals surface area contributed by atoms with Crippen LogP contribution in [0.25, 0.3) is 0 Å². The lowest BCUT2D eigenvalue weighted by Crippen LogP contribution is -2.38. The van der Waals surface area contributed by atoms with Crippen LogP contribution >= 0.6 is 7.60 Å². The van der Waals surface area contributed by atoms with Crippen molar-refractivity contribution in [2.75, 3.05) is 32.6 Å². The first kappa shape index (κ1) is 17.2. The van der Waals surface area contributed by atoms with Crippen molar-refractivity contribution in [1.82, 2.24) is 4.90 Å². The molecule has 0 aliphatic rings. The minimum absolute atomic E-state index is 0.0662. The zero-order chi connectivity index (χ0) is 14.2. The molecule has 0 radical (unpaired) electrons. The van der Waals surface area contributed by atoms with Gasteiger partial charge in [0.15, 0.2) is 0 Å². The Morgan fingerprint density at radius 2 is 2.11 bits per heavy atom. The summed E-state index contributed by atoms with van der Waals surface area (Å²) in [7, 11) is -4.37. The van der Waals surface area contributed by atoms with Gasteiger partial charge in [-0.1, -0.05) is 6.08 Å². The van der Waals surface area contributed by atoms with Crippen LogP contribution in [0.5, 0.6) is 0 Å². The van der Waals surface area contributed by atoms with Crippen LogP contribution in [-0.4, -0.2) is 69.6 Å². The quantitative estimate of drug-likeness (QED) is 0.230. The fourth-order valence-corrected chi connectivity index (χ4v) is 2.00. The van der Waals surface area contributed by atoms with Gasteiger partial charge < -0.3 is 24.7 Å². The fourth-order valence-electron chi connectivity index (χ4n) is 1.26. The van der Waals surface area contributed by atoms with E-state index in [1.165, 1.54) is 6.08 Å². The Labute approximate surface area is 105 Å². The van der Waals surface area contributed by atoms with Crippen molar-refractivity contribution in [2.45, 2.75) is 6.10 Å². The van der Waals surface area contributed by atoms with Gasteiger partial charge in [0.1, 0.15) is 6.29 Å². The molecule has 0 bridgehead atoms. The third kappa shape index (κ3) is 10.4. The number of hydrogen-bond donors (Lipinski definition) is 4. The third-order valence-corrected chi connectivity index (χ3v) is 2.53. The smallest absolute Gasteiger partial charge is 0.339 e. The van der Waals surface area contributed by atoms with E-state index in [2.05, 4.69) is 6.58 Å². The predicted molar refractivity (Wildman–Crippen MR) is 63.1 cm³/mol. The number of rotatable bonds is 10. The molecule has 0 fully saturated rings. The van der Waals surface area contributed by atoms with Gasteiger partial charge in [0.25, 0.3) is 0 Å².